The molecule has 1 N–H and O–H groups in total. The molecule has 2 aromatic heterocycles. The standard InChI is InChI=1S/C22H27N5O2S/c1-4-21-25-26-22(30-21)24-20-7-5-6-17(23-20)19-14-27(10-11-29-19)13-16-9-8-15(2)12-18(16)28-3/h5-9,12,19H,4,10-11,13-14H2,1-3H3,(H,23,24,26)/t19-/m1/s1. The molecule has 0 radical (unpaired) electrons. The molecule has 1 aromatic carbocycles. The molecule has 3 heterocycles. The Morgan fingerprint density at radius 3 is 2.97 bits per heavy atom. The monoisotopic (exact) mass is 425 g/mol. The quantitative estimate of drug-likeness (QED) is 0.610. The Morgan fingerprint density at radius 1 is 1.27 bits per heavy atom. The van der Waals surface area contributed by atoms with Gasteiger partial charge >= 0.3 is 0 Å². The van der Waals surface area contributed by atoms with Crippen LogP contribution in [0, 0.1) is 6.92 Å². The molecule has 4 rings (SSSR count). The number of hydrogen-bond acceptors (Lipinski definition) is 8. The van der Waals surface area contributed by atoms with Gasteiger partial charge in [-0.1, -0.05) is 36.5 Å². The van der Waals surface area contributed by atoms with E-state index in [0.717, 1.165) is 53.5 Å². The second-order valence-electron chi connectivity index (χ2n) is 7.34. The molecule has 1 aliphatic rings. The van der Waals surface area contributed by atoms with Crippen LogP contribution in [-0.2, 0) is 17.7 Å². The second kappa shape index (κ2) is 9.51. The van der Waals surface area contributed by atoms with Gasteiger partial charge in [-0.2, -0.15) is 0 Å². The number of rotatable bonds is 7. The number of ether oxygens (including phenoxy) is 2. The minimum atomic E-state index is -0.0717. The number of aromatic nitrogens is 3. The Morgan fingerprint density at radius 2 is 2.17 bits per heavy atom. The zero-order valence-electron chi connectivity index (χ0n) is 17.6. The van der Waals surface area contributed by atoms with Crippen molar-refractivity contribution < 1.29 is 9.47 Å². The highest BCUT2D eigenvalue weighted by Gasteiger charge is 2.24. The van der Waals surface area contributed by atoms with E-state index in [1.165, 1.54) is 11.1 Å². The van der Waals surface area contributed by atoms with Gasteiger partial charge in [0.15, 0.2) is 0 Å². The van der Waals surface area contributed by atoms with Crippen LogP contribution in [0.5, 0.6) is 5.75 Å². The van der Waals surface area contributed by atoms with E-state index in [-0.39, 0.29) is 6.10 Å². The first-order valence-electron chi connectivity index (χ1n) is 10.2. The normalized spacial score (nSPS) is 17.1. The minimum Gasteiger partial charge on any atom is -0.496 e. The Bertz CT molecular complexity index is 993. The van der Waals surface area contributed by atoms with E-state index >= 15 is 0 Å². The molecule has 0 spiro atoms. The van der Waals surface area contributed by atoms with Crippen LogP contribution in [0.15, 0.2) is 36.4 Å². The van der Waals surface area contributed by atoms with Gasteiger partial charge in [-0.05, 0) is 37.1 Å². The fourth-order valence-electron chi connectivity index (χ4n) is 3.51. The van der Waals surface area contributed by atoms with Gasteiger partial charge in [-0.25, -0.2) is 4.98 Å². The van der Waals surface area contributed by atoms with Gasteiger partial charge in [0.25, 0.3) is 0 Å². The smallest absolute Gasteiger partial charge is 0.211 e. The topological polar surface area (TPSA) is 72.4 Å². The Balaban J connectivity index is 1.44. The first kappa shape index (κ1) is 20.7. The molecule has 1 atom stereocenters. The maximum Gasteiger partial charge on any atom is 0.211 e. The van der Waals surface area contributed by atoms with Crippen LogP contribution in [0.2, 0.25) is 0 Å². The molecule has 30 heavy (non-hydrogen) atoms. The average molecular weight is 426 g/mol. The van der Waals surface area contributed by atoms with Gasteiger partial charge in [0, 0.05) is 25.2 Å². The van der Waals surface area contributed by atoms with Crippen molar-refractivity contribution >= 4 is 22.3 Å². The predicted octanol–water partition coefficient (Wildman–Crippen LogP) is 4.13. The molecule has 1 saturated heterocycles. The minimum absolute atomic E-state index is 0.0717. The fraction of sp³-hybridized carbons (Fsp3) is 0.409. The van der Waals surface area contributed by atoms with Crippen LogP contribution in [0.3, 0.4) is 0 Å². The lowest BCUT2D eigenvalue weighted by Crippen LogP contribution is -2.38. The second-order valence-corrected chi connectivity index (χ2v) is 8.40. The van der Waals surface area contributed by atoms with Crippen LogP contribution in [0.4, 0.5) is 10.9 Å². The van der Waals surface area contributed by atoms with E-state index in [1.807, 2.05) is 18.2 Å². The van der Waals surface area contributed by atoms with Gasteiger partial charge in [-0.3, -0.25) is 4.90 Å². The lowest BCUT2D eigenvalue weighted by Gasteiger charge is -2.33. The van der Waals surface area contributed by atoms with E-state index in [9.17, 15) is 0 Å². The van der Waals surface area contributed by atoms with Crippen molar-refractivity contribution in [3.8, 4) is 5.75 Å². The maximum atomic E-state index is 6.05. The van der Waals surface area contributed by atoms with Crippen molar-refractivity contribution in [3.05, 3.63) is 58.2 Å². The zero-order chi connectivity index (χ0) is 20.9. The van der Waals surface area contributed by atoms with E-state index in [4.69, 9.17) is 14.5 Å². The highest BCUT2D eigenvalue weighted by Crippen LogP contribution is 2.27. The molecule has 0 bridgehead atoms. The molecule has 1 fully saturated rings. The summed E-state index contributed by atoms with van der Waals surface area (Å²) in [6.45, 7) is 7.32. The number of aryl methyl sites for hydroxylation is 2. The summed E-state index contributed by atoms with van der Waals surface area (Å²) in [5.74, 6) is 1.69. The van der Waals surface area contributed by atoms with Gasteiger partial charge in [0.05, 0.1) is 19.4 Å². The van der Waals surface area contributed by atoms with Crippen LogP contribution >= 0.6 is 11.3 Å². The number of anilines is 2. The molecule has 7 nitrogen and oxygen atoms in total. The van der Waals surface area contributed by atoms with E-state index in [0.29, 0.717) is 6.61 Å². The molecule has 0 aliphatic carbocycles. The summed E-state index contributed by atoms with van der Waals surface area (Å²) in [6, 6.07) is 12.3. The molecule has 0 amide bonds. The molecule has 158 valence electrons. The molecular formula is C22H27N5O2S. The summed E-state index contributed by atoms with van der Waals surface area (Å²) >= 11 is 1.55. The Hall–Kier alpha value is -2.55. The summed E-state index contributed by atoms with van der Waals surface area (Å²) < 4.78 is 11.6. The third-order valence-electron chi connectivity index (χ3n) is 5.09. The largest absolute Gasteiger partial charge is 0.496 e. The number of nitrogens with zero attached hydrogens (tertiary/aromatic N) is 4. The van der Waals surface area contributed by atoms with Crippen molar-refractivity contribution in [1.82, 2.24) is 20.1 Å². The lowest BCUT2D eigenvalue weighted by molar-refractivity contribution is -0.0350. The fourth-order valence-corrected chi connectivity index (χ4v) is 4.19. The van der Waals surface area contributed by atoms with Gasteiger partial charge in [0.1, 0.15) is 22.7 Å². The third-order valence-corrected chi connectivity index (χ3v) is 6.07. The van der Waals surface area contributed by atoms with Crippen molar-refractivity contribution in [3.63, 3.8) is 0 Å². The van der Waals surface area contributed by atoms with Gasteiger partial charge < -0.3 is 14.8 Å². The van der Waals surface area contributed by atoms with E-state index in [2.05, 4.69) is 52.5 Å². The van der Waals surface area contributed by atoms with Crippen LogP contribution in [-0.4, -0.2) is 46.9 Å². The van der Waals surface area contributed by atoms with Gasteiger partial charge in [-0.15, -0.1) is 10.2 Å². The Labute approximate surface area is 181 Å². The first-order chi connectivity index (χ1) is 14.6. The Kier molecular flexibility index (Phi) is 6.56. The molecule has 8 heteroatoms. The summed E-state index contributed by atoms with van der Waals surface area (Å²) in [6.07, 6.45) is 0.808. The number of benzene rings is 1. The van der Waals surface area contributed by atoms with E-state index < -0.39 is 0 Å². The predicted molar refractivity (Wildman–Crippen MR) is 119 cm³/mol. The molecule has 3 aromatic rings. The molecule has 0 unspecified atom stereocenters. The van der Waals surface area contributed by atoms with Crippen LogP contribution in [0.25, 0.3) is 0 Å². The third kappa shape index (κ3) is 4.95. The lowest BCUT2D eigenvalue weighted by atomic mass is 10.1. The van der Waals surface area contributed by atoms with Gasteiger partial charge in [0.2, 0.25) is 5.13 Å². The highest BCUT2D eigenvalue weighted by atomic mass is 32.1. The maximum absolute atomic E-state index is 6.05. The number of hydrogen-bond donors (Lipinski definition) is 1. The number of nitrogens with one attached hydrogen (secondary N) is 1. The molecule has 1 aliphatic heterocycles. The van der Waals surface area contributed by atoms with E-state index in [1.54, 1.807) is 18.4 Å². The number of morpholine rings is 1. The molecular weight excluding hydrogens is 398 g/mol. The summed E-state index contributed by atoms with van der Waals surface area (Å²) in [5.41, 5.74) is 3.31. The summed E-state index contributed by atoms with van der Waals surface area (Å²) in [4.78, 5) is 7.16. The summed E-state index contributed by atoms with van der Waals surface area (Å²) in [5, 5.41) is 13.3. The zero-order valence-corrected chi connectivity index (χ0v) is 18.4. The molecule has 0 saturated carbocycles. The average Bonchev–Trinajstić information content (AvgIpc) is 3.23. The number of pyridine rings is 1. The van der Waals surface area contributed by atoms with Crippen molar-refractivity contribution in [2.24, 2.45) is 0 Å². The summed E-state index contributed by atoms with van der Waals surface area (Å²) in [7, 11) is 1.73. The van der Waals surface area contributed by atoms with Crippen LogP contribution < -0.4 is 10.1 Å². The highest BCUT2D eigenvalue weighted by molar-refractivity contribution is 7.15. The van der Waals surface area contributed by atoms with Crippen LogP contribution in [0.1, 0.15) is 34.9 Å². The van der Waals surface area contributed by atoms with Crippen molar-refractivity contribution in [2.45, 2.75) is 32.9 Å². The number of methoxy groups -OCH3 is 1. The van der Waals surface area contributed by atoms with Crippen molar-refractivity contribution in [2.75, 3.05) is 32.1 Å². The SMILES string of the molecule is CCc1nnc(Nc2cccc([C@H]3CN(Cc4ccc(C)cc4OC)CCO3)n2)s1. The van der Waals surface area contributed by atoms with Crippen molar-refractivity contribution in [1.29, 1.82) is 0 Å². The first-order valence-corrected chi connectivity index (χ1v) is 11.0.